The highest BCUT2D eigenvalue weighted by molar-refractivity contribution is 6.31. The second kappa shape index (κ2) is 9.92. The van der Waals surface area contributed by atoms with Crippen molar-refractivity contribution in [3.63, 3.8) is 0 Å². The number of anilines is 2. The van der Waals surface area contributed by atoms with Crippen LogP contribution < -0.4 is 9.80 Å². The first kappa shape index (κ1) is 22.1. The summed E-state index contributed by atoms with van der Waals surface area (Å²) >= 11 is 0. The maximum atomic E-state index is 12.9. The van der Waals surface area contributed by atoms with E-state index in [0.717, 1.165) is 61.3 Å². The van der Waals surface area contributed by atoms with Crippen molar-refractivity contribution < 1.29 is 9.59 Å². The van der Waals surface area contributed by atoms with Crippen molar-refractivity contribution in [2.45, 2.75) is 51.4 Å². The van der Waals surface area contributed by atoms with Crippen LogP contribution in [0.4, 0.5) is 11.4 Å². The predicted octanol–water partition coefficient (Wildman–Crippen LogP) is 5.18. The van der Waals surface area contributed by atoms with Crippen LogP contribution in [0.2, 0.25) is 0 Å². The number of hydrogen-bond donors (Lipinski definition) is 0. The number of Topliss-reactive ketones (excluding diaryl/α,β-unsaturated/α-hetero) is 2. The summed E-state index contributed by atoms with van der Waals surface area (Å²) in [5.41, 5.74) is 3.85. The van der Waals surface area contributed by atoms with E-state index in [0.29, 0.717) is 0 Å². The third-order valence-electron chi connectivity index (χ3n) is 6.17. The number of rotatable bonds is 10. The van der Waals surface area contributed by atoms with E-state index in [1.807, 2.05) is 48.5 Å². The highest BCUT2D eigenvalue weighted by Crippen LogP contribution is 2.41. The molecular weight excluding hydrogens is 372 g/mol. The lowest BCUT2D eigenvalue weighted by Gasteiger charge is -2.33. The maximum Gasteiger partial charge on any atom is 0.162 e. The van der Waals surface area contributed by atoms with Crippen LogP contribution in [0.25, 0.3) is 0 Å². The fourth-order valence-electron chi connectivity index (χ4n) is 4.07. The molecule has 0 spiro atoms. The summed E-state index contributed by atoms with van der Waals surface area (Å²) in [5, 5.41) is 0. The van der Waals surface area contributed by atoms with Crippen molar-refractivity contribution in [3.8, 4) is 0 Å². The van der Waals surface area contributed by atoms with Gasteiger partial charge in [-0.15, -0.1) is 0 Å². The highest BCUT2D eigenvalue weighted by atomic mass is 16.2. The number of ketones is 2. The van der Waals surface area contributed by atoms with Crippen LogP contribution >= 0.6 is 0 Å². The van der Waals surface area contributed by atoms with Crippen LogP contribution in [0.1, 0.15) is 62.5 Å². The zero-order chi connectivity index (χ0) is 21.7. The number of unbranched alkanes of at least 4 members (excludes halogenated alkanes) is 2. The van der Waals surface area contributed by atoms with Gasteiger partial charge in [0.25, 0.3) is 0 Å². The highest BCUT2D eigenvalue weighted by Gasteiger charge is 2.50. The van der Waals surface area contributed by atoms with Crippen molar-refractivity contribution in [2.75, 3.05) is 37.0 Å². The second-order valence-corrected chi connectivity index (χ2v) is 8.40. The molecular formula is C26H34N2O2. The molecule has 0 amide bonds. The lowest BCUT2D eigenvalue weighted by molar-refractivity contribution is -0.142. The van der Waals surface area contributed by atoms with Crippen molar-refractivity contribution in [2.24, 2.45) is 0 Å². The molecule has 4 nitrogen and oxygen atoms in total. The minimum absolute atomic E-state index is 0.0131. The van der Waals surface area contributed by atoms with Crippen LogP contribution in [-0.4, -0.2) is 38.8 Å². The molecule has 2 aromatic rings. The zero-order valence-corrected chi connectivity index (χ0v) is 18.7. The van der Waals surface area contributed by atoms with E-state index in [4.69, 9.17) is 0 Å². The smallest absolute Gasteiger partial charge is 0.162 e. The Balaban J connectivity index is 1.65. The van der Waals surface area contributed by atoms with Crippen molar-refractivity contribution in [1.29, 1.82) is 0 Å². The summed E-state index contributed by atoms with van der Waals surface area (Å²) in [7, 11) is 4.15. The van der Waals surface area contributed by atoms with Gasteiger partial charge in [0.2, 0.25) is 0 Å². The van der Waals surface area contributed by atoms with Gasteiger partial charge in [-0.1, -0.05) is 51.0 Å². The van der Waals surface area contributed by atoms with Gasteiger partial charge in [-0.25, -0.2) is 0 Å². The molecule has 0 radical (unpaired) electrons. The third kappa shape index (κ3) is 4.58. The topological polar surface area (TPSA) is 40.6 Å². The first-order valence-electron chi connectivity index (χ1n) is 11.2. The molecule has 30 heavy (non-hydrogen) atoms. The van der Waals surface area contributed by atoms with Crippen molar-refractivity contribution in [1.82, 2.24) is 0 Å². The van der Waals surface area contributed by atoms with Gasteiger partial charge in [0, 0.05) is 38.6 Å². The first-order chi connectivity index (χ1) is 14.5. The van der Waals surface area contributed by atoms with E-state index in [1.165, 1.54) is 0 Å². The Kier molecular flexibility index (Phi) is 7.30. The lowest BCUT2D eigenvalue weighted by Crippen LogP contribution is -2.44. The van der Waals surface area contributed by atoms with Crippen LogP contribution in [0.15, 0.2) is 48.5 Å². The van der Waals surface area contributed by atoms with E-state index in [9.17, 15) is 9.59 Å². The largest absolute Gasteiger partial charge is 0.375 e. The maximum absolute atomic E-state index is 12.9. The van der Waals surface area contributed by atoms with Crippen LogP contribution in [0.5, 0.6) is 0 Å². The molecule has 1 fully saturated rings. The quantitative estimate of drug-likeness (QED) is 0.510. The van der Waals surface area contributed by atoms with Crippen LogP contribution in [0.3, 0.4) is 0 Å². The standard InChI is InChI=1S/C26H34N2O2/c1-5-7-17-27(3)21-13-9-19(10-14-21)23-25(29)24(26(23)30)20-11-15-22(16-12-20)28(4)18-8-6-2/h9-16,23-24H,5-8,17-18H2,1-4H3. The molecule has 3 rings (SSSR count). The van der Waals surface area contributed by atoms with Crippen molar-refractivity contribution in [3.05, 3.63) is 59.7 Å². The molecule has 0 bridgehead atoms. The summed E-state index contributed by atoms with van der Waals surface area (Å²) in [6.45, 7) is 6.37. The normalized spacial score (nSPS) is 18.3. The van der Waals surface area contributed by atoms with Gasteiger partial charge in [0.05, 0.1) is 0 Å². The Morgan fingerprint density at radius 3 is 1.27 bits per heavy atom. The molecule has 1 aliphatic carbocycles. The van der Waals surface area contributed by atoms with Crippen LogP contribution in [-0.2, 0) is 9.59 Å². The summed E-state index contributed by atoms with van der Waals surface area (Å²) in [4.78, 5) is 30.1. The fraction of sp³-hybridized carbons (Fsp3) is 0.462. The first-order valence-corrected chi connectivity index (χ1v) is 11.2. The predicted molar refractivity (Wildman–Crippen MR) is 125 cm³/mol. The number of carbonyl (C=O) groups is 2. The molecule has 0 aromatic heterocycles. The van der Waals surface area contributed by atoms with Gasteiger partial charge in [-0.2, -0.15) is 0 Å². The van der Waals surface area contributed by atoms with Gasteiger partial charge in [0.1, 0.15) is 11.8 Å². The van der Waals surface area contributed by atoms with E-state index < -0.39 is 11.8 Å². The second-order valence-electron chi connectivity index (χ2n) is 8.40. The van der Waals surface area contributed by atoms with Gasteiger partial charge in [0.15, 0.2) is 11.6 Å². The average Bonchev–Trinajstić information content (AvgIpc) is 2.77. The summed E-state index contributed by atoms with van der Waals surface area (Å²) in [5.74, 6) is -1.20. The molecule has 0 aliphatic heterocycles. The number of hydrogen-bond acceptors (Lipinski definition) is 4. The fourth-order valence-corrected chi connectivity index (χ4v) is 4.07. The number of nitrogens with zero attached hydrogens (tertiary/aromatic N) is 2. The molecule has 0 heterocycles. The minimum atomic E-state index is -0.614. The van der Waals surface area contributed by atoms with Crippen molar-refractivity contribution >= 4 is 22.9 Å². The molecule has 0 N–H and O–H groups in total. The number of carbonyl (C=O) groups excluding carboxylic acids is 2. The van der Waals surface area contributed by atoms with E-state index >= 15 is 0 Å². The molecule has 1 aliphatic rings. The Morgan fingerprint density at radius 1 is 0.633 bits per heavy atom. The molecule has 160 valence electrons. The summed E-state index contributed by atoms with van der Waals surface area (Å²) < 4.78 is 0. The molecule has 1 saturated carbocycles. The Hall–Kier alpha value is -2.62. The Morgan fingerprint density at radius 2 is 0.967 bits per heavy atom. The molecule has 0 unspecified atom stereocenters. The number of benzene rings is 2. The van der Waals surface area contributed by atoms with Crippen LogP contribution in [0, 0.1) is 0 Å². The summed E-state index contributed by atoms with van der Waals surface area (Å²) in [6.07, 6.45) is 4.61. The van der Waals surface area contributed by atoms with Gasteiger partial charge < -0.3 is 9.80 Å². The SMILES string of the molecule is CCCCN(C)c1ccc(C2C(=O)C(c3ccc(N(C)CCCC)cc3)C2=O)cc1. The van der Waals surface area contributed by atoms with Gasteiger partial charge in [-0.05, 0) is 48.2 Å². The van der Waals surface area contributed by atoms with E-state index in [1.54, 1.807) is 0 Å². The average molecular weight is 407 g/mol. The van der Waals surface area contributed by atoms with Gasteiger partial charge in [-0.3, -0.25) is 9.59 Å². The van der Waals surface area contributed by atoms with Gasteiger partial charge >= 0.3 is 0 Å². The van der Waals surface area contributed by atoms with E-state index in [-0.39, 0.29) is 11.6 Å². The molecule has 2 aromatic carbocycles. The zero-order valence-electron chi connectivity index (χ0n) is 18.7. The lowest BCUT2D eigenvalue weighted by atomic mass is 9.66. The molecule has 0 atom stereocenters. The molecule has 0 saturated heterocycles. The third-order valence-corrected chi connectivity index (χ3v) is 6.17. The Bertz CT molecular complexity index is 772. The van der Waals surface area contributed by atoms with E-state index in [2.05, 4.69) is 37.7 Å². The monoisotopic (exact) mass is 406 g/mol. The summed E-state index contributed by atoms with van der Waals surface area (Å²) in [6, 6.07) is 15.8. The Labute approximate surface area is 180 Å². The molecule has 4 heteroatoms. The minimum Gasteiger partial charge on any atom is -0.375 e.